The normalized spacial score (nSPS) is 18.4. The summed E-state index contributed by atoms with van der Waals surface area (Å²) in [4.78, 5) is 27.9. The average Bonchev–Trinajstić information content (AvgIpc) is 3.65. The summed E-state index contributed by atoms with van der Waals surface area (Å²) in [6.07, 6.45) is 0.911. The first-order valence-electron chi connectivity index (χ1n) is 12.0. The van der Waals surface area contributed by atoms with E-state index >= 15 is 0 Å². The van der Waals surface area contributed by atoms with Crippen molar-refractivity contribution in [3.63, 3.8) is 0 Å². The second-order valence-corrected chi connectivity index (χ2v) is 10.0. The van der Waals surface area contributed by atoms with Crippen LogP contribution in [0.1, 0.15) is 39.2 Å². The van der Waals surface area contributed by atoms with E-state index in [9.17, 15) is 9.59 Å². The lowest BCUT2D eigenvalue weighted by atomic mass is 9.89. The molecule has 7 nitrogen and oxygen atoms in total. The van der Waals surface area contributed by atoms with E-state index in [4.69, 9.17) is 14.2 Å². The lowest BCUT2D eigenvalue weighted by molar-refractivity contribution is -0.118. The Bertz CT molecular complexity index is 1090. The molecule has 0 spiro atoms. The summed E-state index contributed by atoms with van der Waals surface area (Å²) < 4.78 is 16.9. The minimum absolute atomic E-state index is 0.0340. The first kappa shape index (κ1) is 24.9. The number of hydrogen-bond donors (Lipinski definition) is 1. The van der Waals surface area contributed by atoms with E-state index in [-0.39, 0.29) is 31.8 Å². The van der Waals surface area contributed by atoms with Crippen molar-refractivity contribution < 1.29 is 23.8 Å². The Kier molecular flexibility index (Phi) is 7.57. The molecule has 1 heterocycles. The van der Waals surface area contributed by atoms with Gasteiger partial charge in [-0.2, -0.15) is 0 Å². The van der Waals surface area contributed by atoms with E-state index in [0.717, 1.165) is 35.1 Å². The van der Waals surface area contributed by atoms with E-state index in [2.05, 4.69) is 23.5 Å². The third kappa shape index (κ3) is 6.50. The highest BCUT2D eigenvalue weighted by atomic mass is 16.7. The predicted octanol–water partition coefficient (Wildman–Crippen LogP) is 4.63. The lowest BCUT2D eigenvalue weighted by Crippen LogP contribution is -2.49. The van der Waals surface area contributed by atoms with Gasteiger partial charge in [0.15, 0.2) is 0 Å². The summed E-state index contributed by atoms with van der Waals surface area (Å²) >= 11 is 0. The van der Waals surface area contributed by atoms with Gasteiger partial charge in [0.1, 0.15) is 18.5 Å². The molecule has 2 amide bonds. The fourth-order valence-electron chi connectivity index (χ4n) is 4.13. The molecular weight excluding hydrogens is 444 g/mol. The Hall–Kier alpha value is -3.16. The Morgan fingerprint density at radius 2 is 1.69 bits per heavy atom. The molecular formula is C28H34N2O5. The van der Waals surface area contributed by atoms with Crippen molar-refractivity contribution in [2.24, 2.45) is 0 Å². The van der Waals surface area contributed by atoms with Crippen molar-refractivity contribution in [2.75, 3.05) is 27.0 Å². The van der Waals surface area contributed by atoms with E-state index < -0.39 is 17.8 Å². The lowest BCUT2D eigenvalue weighted by Gasteiger charge is -2.37. The summed E-state index contributed by atoms with van der Waals surface area (Å²) in [7, 11) is 1.55. The highest BCUT2D eigenvalue weighted by Gasteiger charge is 2.37. The van der Waals surface area contributed by atoms with Crippen LogP contribution in [0.4, 0.5) is 4.79 Å². The molecule has 2 aromatic rings. The molecule has 4 rings (SSSR count). The molecule has 186 valence electrons. The van der Waals surface area contributed by atoms with Crippen LogP contribution in [0.15, 0.2) is 60.2 Å². The number of amides is 2. The molecule has 1 fully saturated rings. The first-order chi connectivity index (χ1) is 16.7. The van der Waals surface area contributed by atoms with Gasteiger partial charge in [0, 0.05) is 24.3 Å². The van der Waals surface area contributed by atoms with Gasteiger partial charge >= 0.3 is 6.09 Å². The van der Waals surface area contributed by atoms with Crippen LogP contribution in [0.3, 0.4) is 0 Å². The minimum atomic E-state index is -0.648. The maximum absolute atomic E-state index is 13.4. The van der Waals surface area contributed by atoms with Crippen LogP contribution in [0.5, 0.6) is 0 Å². The van der Waals surface area contributed by atoms with Gasteiger partial charge in [-0.3, -0.25) is 4.79 Å². The number of hydrogen-bond acceptors (Lipinski definition) is 5. The molecule has 1 aliphatic carbocycles. The standard InChI is InChI=1S/C28H34N2O5/c1-28(2,3)35-27(32)30-16-23(26(31)29-22-13-14-22)25(24(17-30)34-18-33-4)21-12-8-11-20(15-21)19-9-6-5-7-10-19/h5-12,15,22,24H,13-14,16-18H2,1-4H3,(H,29,31). The average molecular weight is 479 g/mol. The molecule has 1 saturated carbocycles. The molecule has 35 heavy (non-hydrogen) atoms. The summed E-state index contributed by atoms with van der Waals surface area (Å²) in [6, 6.07) is 18.4. The molecule has 1 N–H and O–H groups in total. The van der Waals surface area contributed by atoms with E-state index in [1.807, 2.05) is 57.2 Å². The Morgan fingerprint density at radius 3 is 2.34 bits per heavy atom. The fraction of sp³-hybridized carbons (Fsp3) is 0.429. The van der Waals surface area contributed by atoms with Crippen LogP contribution in [0, 0.1) is 0 Å². The molecule has 0 aromatic heterocycles. The molecule has 2 aliphatic rings. The zero-order chi connectivity index (χ0) is 25.0. The van der Waals surface area contributed by atoms with Gasteiger partial charge in [0.2, 0.25) is 5.91 Å². The summed E-state index contributed by atoms with van der Waals surface area (Å²) in [5.41, 5.74) is 3.65. The van der Waals surface area contributed by atoms with Crippen LogP contribution in [0.2, 0.25) is 0 Å². The van der Waals surface area contributed by atoms with Crippen molar-refractivity contribution in [1.82, 2.24) is 10.2 Å². The number of ether oxygens (including phenoxy) is 3. The maximum Gasteiger partial charge on any atom is 0.410 e. The summed E-state index contributed by atoms with van der Waals surface area (Å²) in [5.74, 6) is -0.174. The van der Waals surface area contributed by atoms with Crippen molar-refractivity contribution in [3.05, 3.63) is 65.7 Å². The Labute approximate surface area is 207 Å². The van der Waals surface area contributed by atoms with Crippen molar-refractivity contribution >= 4 is 17.6 Å². The van der Waals surface area contributed by atoms with Gasteiger partial charge < -0.3 is 24.4 Å². The molecule has 0 radical (unpaired) electrons. The van der Waals surface area contributed by atoms with E-state index in [0.29, 0.717) is 5.57 Å². The molecule has 0 bridgehead atoms. The highest BCUT2D eigenvalue weighted by molar-refractivity contribution is 6.04. The smallest absolute Gasteiger partial charge is 0.410 e. The van der Waals surface area contributed by atoms with Crippen LogP contribution in [0.25, 0.3) is 16.7 Å². The summed E-state index contributed by atoms with van der Waals surface area (Å²) in [5, 5.41) is 3.09. The Balaban J connectivity index is 1.76. The molecule has 7 heteroatoms. The molecule has 1 unspecified atom stereocenters. The number of nitrogens with one attached hydrogen (secondary N) is 1. The number of methoxy groups -OCH3 is 1. The molecule has 0 saturated heterocycles. The molecule has 1 atom stereocenters. The van der Waals surface area contributed by atoms with Gasteiger partial charge in [0.05, 0.1) is 13.1 Å². The van der Waals surface area contributed by atoms with Gasteiger partial charge in [0.25, 0.3) is 0 Å². The molecule has 1 aliphatic heterocycles. The minimum Gasteiger partial charge on any atom is -0.444 e. The van der Waals surface area contributed by atoms with Crippen molar-refractivity contribution in [2.45, 2.75) is 51.4 Å². The zero-order valence-electron chi connectivity index (χ0n) is 20.9. The van der Waals surface area contributed by atoms with Crippen LogP contribution < -0.4 is 5.32 Å². The third-order valence-electron chi connectivity index (χ3n) is 5.89. The van der Waals surface area contributed by atoms with Crippen molar-refractivity contribution in [1.29, 1.82) is 0 Å². The Morgan fingerprint density at radius 1 is 1.00 bits per heavy atom. The first-order valence-corrected chi connectivity index (χ1v) is 12.0. The largest absolute Gasteiger partial charge is 0.444 e. The highest BCUT2D eigenvalue weighted by Crippen LogP contribution is 2.34. The number of benzene rings is 2. The number of carbonyl (C=O) groups excluding carboxylic acids is 2. The predicted molar refractivity (Wildman–Crippen MR) is 135 cm³/mol. The number of nitrogens with zero attached hydrogens (tertiary/aromatic N) is 1. The summed E-state index contributed by atoms with van der Waals surface area (Å²) in [6.45, 7) is 5.90. The second kappa shape index (κ2) is 10.6. The van der Waals surface area contributed by atoms with Gasteiger partial charge in [-0.05, 0) is 56.4 Å². The SMILES string of the molecule is COCOC1CN(C(=O)OC(C)(C)C)CC(C(=O)NC2CC2)=C1c1cccc(-c2ccccc2)c1. The van der Waals surface area contributed by atoms with E-state index in [1.54, 1.807) is 7.11 Å². The quantitative estimate of drug-likeness (QED) is 0.588. The van der Waals surface area contributed by atoms with Crippen LogP contribution in [-0.4, -0.2) is 61.6 Å². The monoisotopic (exact) mass is 478 g/mol. The second-order valence-electron chi connectivity index (χ2n) is 10.0. The van der Waals surface area contributed by atoms with Crippen LogP contribution >= 0.6 is 0 Å². The van der Waals surface area contributed by atoms with Gasteiger partial charge in [-0.15, -0.1) is 0 Å². The maximum atomic E-state index is 13.4. The van der Waals surface area contributed by atoms with Gasteiger partial charge in [-0.1, -0.05) is 48.5 Å². The third-order valence-corrected chi connectivity index (χ3v) is 5.89. The zero-order valence-corrected chi connectivity index (χ0v) is 20.9. The van der Waals surface area contributed by atoms with Gasteiger partial charge in [-0.25, -0.2) is 4.79 Å². The van der Waals surface area contributed by atoms with Crippen LogP contribution in [-0.2, 0) is 19.0 Å². The fourth-order valence-corrected chi connectivity index (χ4v) is 4.13. The van der Waals surface area contributed by atoms with Crippen molar-refractivity contribution in [3.8, 4) is 11.1 Å². The molecule has 2 aromatic carbocycles. The topological polar surface area (TPSA) is 77.1 Å². The number of carbonyl (C=O) groups is 2. The number of rotatable bonds is 7. The van der Waals surface area contributed by atoms with E-state index in [1.165, 1.54) is 4.90 Å².